The van der Waals surface area contributed by atoms with Crippen LogP contribution < -0.4 is 0 Å². The Hall–Kier alpha value is -0.970. The topological polar surface area (TPSA) is 20.3 Å². The molecule has 14 heavy (non-hydrogen) atoms. The van der Waals surface area contributed by atoms with Gasteiger partial charge in [0.15, 0.2) is 0 Å². The molecule has 0 aromatic heterocycles. The van der Waals surface area contributed by atoms with Crippen molar-refractivity contribution in [2.75, 3.05) is 13.1 Å². The molecule has 2 fully saturated rings. The lowest BCUT2D eigenvalue weighted by Crippen LogP contribution is -2.39. The van der Waals surface area contributed by atoms with E-state index in [9.17, 15) is 4.79 Å². The highest BCUT2D eigenvalue weighted by Crippen LogP contribution is 2.51. The molecule has 2 aliphatic rings. The smallest absolute Gasteiger partial charge is 0.298 e. The van der Waals surface area contributed by atoms with Crippen molar-refractivity contribution >= 4 is 5.91 Å². The SMILES string of the molecule is CC#CC(=O)N1CCC2(CC(C)C2)C1. The largest absolute Gasteiger partial charge is 0.331 e. The molecule has 0 aromatic carbocycles. The van der Waals surface area contributed by atoms with E-state index < -0.39 is 0 Å². The summed E-state index contributed by atoms with van der Waals surface area (Å²) in [6.07, 6.45) is 3.79. The number of nitrogens with zero attached hydrogens (tertiary/aromatic N) is 1. The Balaban J connectivity index is 1.94. The van der Waals surface area contributed by atoms with Crippen molar-refractivity contribution in [3.63, 3.8) is 0 Å². The number of carbonyl (C=O) groups excluding carboxylic acids is 1. The molecule has 0 atom stereocenters. The second kappa shape index (κ2) is 3.31. The van der Waals surface area contributed by atoms with Crippen LogP contribution in [0.15, 0.2) is 0 Å². The molecule has 2 heteroatoms. The Bertz CT molecular complexity index is 304. The average Bonchev–Trinajstić information content (AvgIpc) is 2.49. The minimum absolute atomic E-state index is 0.0175. The quantitative estimate of drug-likeness (QED) is 0.533. The fraction of sp³-hybridized carbons (Fsp3) is 0.750. The Morgan fingerprint density at radius 2 is 2.21 bits per heavy atom. The van der Waals surface area contributed by atoms with Crippen LogP contribution in [0.5, 0.6) is 0 Å². The van der Waals surface area contributed by atoms with Crippen LogP contribution in [-0.2, 0) is 4.79 Å². The summed E-state index contributed by atoms with van der Waals surface area (Å²) in [5.41, 5.74) is 0.477. The molecule has 1 saturated carbocycles. The van der Waals surface area contributed by atoms with Crippen molar-refractivity contribution in [2.24, 2.45) is 11.3 Å². The Kier molecular flexibility index (Phi) is 2.26. The van der Waals surface area contributed by atoms with Gasteiger partial charge in [0.25, 0.3) is 5.91 Å². The van der Waals surface area contributed by atoms with Crippen LogP contribution in [0.2, 0.25) is 0 Å². The van der Waals surface area contributed by atoms with Gasteiger partial charge in [-0.1, -0.05) is 12.8 Å². The van der Waals surface area contributed by atoms with Gasteiger partial charge in [0.2, 0.25) is 0 Å². The first-order valence-electron chi connectivity index (χ1n) is 5.37. The van der Waals surface area contributed by atoms with Gasteiger partial charge < -0.3 is 4.90 Å². The molecule has 1 saturated heterocycles. The van der Waals surface area contributed by atoms with Crippen molar-refractivity contribution in [1.29, 1.82) is 0 Å². The zero-order valence-electron chi connectivity index (χ0n) is 8.97. The second-order valence-corrected chi connectivity index (χ2v) is 4.87. The Morgan fingerprint density at radius 3 is 2.79 bits per heavy atom. The number of rotatable bonds is 0. The third kappa shape index (κ3) is 1.52. The summed E-state index contributed by atoms with van der Waals surface area (Å²) in [6, 6.07) is 0. The number of hydrogen-bond donors (Lipinski definition) is 0. The number of likely N-dealkylation sites (tertiary alicyclic amines) is 1. The summed E-state index contributed by atoms with van der Waals surface area (Å²) in [7, 11) is 0. The molecule has 1 aliphatic heterocycles. The monoisotopic (exact) mass is 191 g/mol. The van der Waals surface area contributed by atoms with Crippen LogP contribution in [0, 0.1) is 23.2 Å². The molecule has 1 amide bonds. The predicted octanol–water partition coefficient (Wildman–Crippen LogP) is 1.66. The van der Waals surface area contributed by atoms with Gasteiger partial charge in [-0.25, -0.2) is 0 Å². The molecule has 0 N–H and O–H groups in total. The lowest BCUT2D eigenvalue weighted by atomic mass is 9.62. The van der Waals surface area contributed by atoms with Gasteiger partial charge in [-0.2, -0.15) is 0 Å². The van der Waals surface area contributed by atoms with Crippen molar-refractivity contribution in [3.8, 4) is 11.8 Å². The van der Waals surface area contributed by atoms with E-state index in [1.54, 1.807) is 6.92 Å². The Morgan fingerprint density at radius 1 is 1.50 bits per heavy atom. The molecule has 2 nitrogen and oxygen atoms in total. The fourth-order valence-electron chi connectivity index (χ4n) is 3.05. The van der Waals surface area contributed by atoms with Crippen LogP contribution >= 0.6 is 0 Å². The van der Waals surface area contributed by atoms with E-state index in [-0.39, 0.29) is 5.91 Å². The highest BCUT2D eigenvalue weighted by Gasteiger charge is 2.47. The van der Waals surface area contributed by atoms with Crippen LogP contribution in [0.1, 0.15) is 33.1 Å². The summed E-state index contributed by atoms with van der Waals surface area (Å²) >= 11 is 0. The van der Waals surface area contributed by atoms with Crippen molar-refractivity contribution < 1.29 is 4.79 Å². The highest BCUT2D eigenvalue weighted by atomic mass is 16.2. The summed E-state index contributed by atoms with van der Waals surface area (Å²) in [6.45, 7) is 5.88. The van der Waals surface area contributed by atoms with Crippen molar-refractivity contribution in [3.05, 3.63) is 0 Å². The van der Waals surface area contributed by atoms with Gasteiger partial charge >= 0.3 is 0 Å². The van der Waals surface area contributed by atoms with Crippen LogP contribution in [0.4, 0.5) is 0 Å². The predicted molar refractivity (Wildman–Crippen MR) is 55.5 cm³/mol. The lowest BCUT2D eigenvalue weighted by Gasteiger charge is -2.43. The maximum Gasteiger partial charge on any atom is 0.298 e. The molecule has 0 bridgehead atoms. The summed E-state index contributed by atoms with van der Waals surface area (Å²) in [4.78, 5) is 13.4. The zero-order valence-corrected chi connectivity index (χ0v) is 8.97. The van der Waals surface area contributed by atoms with Crippen LogP contribution in [-0.4, -0.2) is 23.9 Å². The molecular formula is C12H17NO. The van der Waals surface area contributed by atoms with Gasteiger partial charge in [0.05, 0.1) is 0 Å². The standard InChI is InChI=1S/C12H17NO/c1-3-4-11(14)13-6-5-12(9-13)7-10(2)8-12/h10H,5-9H2,1-2H3. The van der Waals surface area contributed by atoms with E-state index in [4.69, 9.17) is 0 Å². The average molecular weight is 191 g/mol. The normalized spacial score (nSPS) is 35.0. The minimum Gasteiger partial charge on any atom is -0.331 e. The second-order valence-electron chi connectivity index (χ2n) is 4.87. The Labute approximate surface area is 85.7 Å². The first-order chi connectivity index (χ1) is 6.65. The van der Waals surface area contributed by atoms with Gasteiger partial charge in [0.1, 0.15) is 0 Å². The summed E-state index contributed by atoms with van der Waals surface area (Å²) in [5, 5.41) is 0. The molecule has 2 rings (SSSR count). The molecule has 0 aromatic rings. The van der Waals surface area contributed by atoms with E-state index in [0.717, 1.165) is 19.0 Å². The molecule has 0 unspecified atom stereocenters. The molecular weight excluding hydrogens is 174 g/mol. The summed E-state index contributed by atoms with van der Waals surface area (Å²) < 4.78 is 0. The van der Waals surface area contributed by atoms with Gasteiger partial charge in [0, 0.05) is 13.1 Å². The zero-order chi connectivity index (χ0) is 10.2. The van der Waals surface area contributed by atoms with Crippen molar-refractivity contribution in [1.82, 2.24) is 4.90 Å². The van der Waals surface area contributed by atoms with Crippen LogP contribution in [0.25, 0.3) is 0 Å². The first kappa shape index (κ1) is 9.58. The highest BCUT2D eigenvalue weighted by molar-refractivity contribution is 5.93. The van der Waals surface area contributed by atoms with Gasteiger partial charge in [-0.3, -0.25) is 4.79 Å². The number of hydrogen-bond acceptors (Lipinski definition) is 1. The van der Waals surface area contributed by atoms with Gasteiger partial charge in [-0.05, 0) is 43.4 Å². The lowest BCUT2D eigenvalue weighted by molar-refractivity contribution is -0.125. The maximum absolute atomic E-state index is 11.5. The van der Waals surface area contributed by atoms with Crippen molar-refractivity contribution in [2.45, 2.75) is 33.1 Å². The van der Waals surface area contributed by atoms with E-state index in [2.05, 4.69) is 18.8 Å². The molecule has 1 aliphatic carbocycles. The third-order valence-corrected chi connectivity index (χ3v) is 3.52. The van der Waals surface area contributed by atoms with E-state index >= 15 is 0 Å². The first-order valence-corrected chi connectivity index (χ1v) is 5.37. The molecule has 1 heterocycles. The minimum atomic E-state index is 0.0175. The van der Waals surface area contributed by atoms with E-state index in [0.29, 0.717) is 5.41 Å². The van der Waals surface area contributed by atoms with Crippen LogP contribution in [0.3, 0.4) is 0 Å². The van der Waals surface area contributed by atoms with E-state index in [1.165, 1.54) is 19.3 Å². The van der Waals surface area contributed by atoms with Gasteiger partial charge in [-0.15, -0.1) is 0 Å². The molecule has 76 valence electrons. The molecule has 1 spiro atoms. The third-order valence-electron chi connectivity index (χ3n) is 3.52. The molecule has 0 radical (unpaired) electrons. The maximum atomic E-state index is 11.5. The number of amides is 1. The fourth-order valence-corrected chi connectivity index (χ4v) is 3.05. The number of carbonyl (C=O) groups is 1. The summed E-state index contributed by atoms with van der Waals surface area (Å²) in [5.74, 6) is 6.18. The van der Waals surface area contributed by atoms with E-state index in [1.807, 2.05) is 4.90 Å².